The Morgan fingerprint density at radius 3 is 2.31 bits per heavy atom. The number of aldehydes is 1. The monoisotopic (exact) mass is 448 g/mol. The smallest absolute Gasteiger partial charge is 0.356 e. The minimum atomic E-state index is -4.69. The summed E-state index contributed by atoms with van der Waals surface area (Å²) in [5.74, 6) is -1.46. The van der Waals surface area contributed by atoms with Crippen molar-refractivity contribution < 1.29 is 31.9 Å². The highest BCUT2D eigenvalue weighted by atomic mass is 19.4. The number of aromatic nitrogens is 1. The van der Waals surface area contributed by atoms with E-state index in [1.807, 2.05) is 5.32 Å². The molecule has 0 spiro atoms. The van der Waals surface area contributed by atoms with Crippen molar-refractivity contribution >= 4 is 29.6 Å². The van der Waals surface area contributed by atoms with Crippen LogP contribution >= 0.6 is 0 Å². The molecule has 32 heavy (non-hydrogen) atoms. The Kier molecular flexibility index (Phi) is 6.28. The summed E-state index contributed by atoms with van der Waals surface area (Å²) in [4.78, 5) is 38.2. The van der Waals surface area contributed by atoms with Crippen LogP contribution in [-0.4, -0.2) is 30.3 Å². The third kappa shape index (κ3) is 4.77. The number of amides is 3. The molecule has 3 amide bonds. The van der Waals surface area contributed by atoms with Crippen molar-refractivity contribution in [1.82, 2.24) is 10.3 Å². The summed E-state index contributed by atoms with van der Waals surface area (Å²) in [5, 5.41) is 6.86. The van der Waals surface area contributed by atoms with Crippen molar-refractivity contribution in [3.63, 3.8) is 0 Å². The van der Waals surface area contributed by atoms with Gasteiger partial charge in [0.1, 0.15) is 11.5 Å². The Balaban J connectivity index is 1.78. The van der Waals surface area contributed by atoms with E-state index >= 15 is 0 Å². The van der Waals surface area contributed by atoms with Crippen molar-refractivity contribution in [2.24, 2.45) is 0 Å². The minimum absolute atomic E-state index is 0.174. The number of rotatable bonds is 5. The number of nitrogens with one attached hydrogen (secondary N) is 4. The number of urea groups is 1. The summed E-state index contributed by atoms with van der Waals surface area (Å²) in [5.41, 5.74) is -0.211. The standard InChI is InChI=1S/C21H16F4N4O3/c1-26-19(31)18-17(12(10-30)9-27-18)11-2-5-14(6-3-11)28-20(32)29-16-8-13(21(23,24)25)4-7-15(16)22/h2-10,27H,1H3,(H,26,31)(H2,28,29,32). The average molecular weight is 448 g/mol. The largest absolute Gasteiger partial charge is 0.416 e. The normalized spacial score (nSPS) is 11.0. The van der Waals surface area contributed by atoms with E-state index in [0.717, 1.165) is 0 Å². The molecule has 0 atom stereocenters. The van der Waals surface area contributed by atoms with E-state index in [-0.39, 0.29) is 16.9 Å². The van der Waals surface area contributed by atoms with Crippen LogP contribution in [0.3, 0.4) is 0 Å². The maximum atomic E-state index is 13.8. The van der Waals surface area contributed by atoms with Gasteiger partial charge in [-0.3, -0.25) is 9.59 Å². The van der Waals surface area contributed by atoms with E-state index in [2.05, 4.69) is 15.6 Å². The number of carbonyl (C=O) groups excluding carboxylic acids is 3. The Morgan fingerprint density at radius 2 is 1.72 bits per heavy atom. The zero-order valence-corrected chi connectivity index (χ0v) is 16.4. The highest BCUT2D eigenvalue weighted by Crippen LogP contribution is 2.32. The summed E-state index contributed by atoms with van der Waals surface area (Å²) >= 11 is 0. The molecule has 0 aliphatic rings. The fourth-order valence-electron chi connectivity index (χ4n) is 2.95. The van der Waals surface area contributed by atoms with Gasteiger partial charge in [0.2, 0.25) is 0 Å². The lowest BCUT2D eigenvalue weighted by Crippen LogP contribution is -2.20. The van der Waals surface area contributed by atoms with Gasteiger partial charge in [-0.1, -0.05) is 12.1 Å². The van der Waals surface area contributed by atoms with Gasteiger partial charge in [-0.05, 0) is 35.9 Å². The average Bonchev–Trinajstić information content (AvgIpc) is 3.18. The molecule has 0 aliphatic carbocycles. The predicted molar refractivity (Wildman–Crippen MR) is 109 cm³/mol. The molecule has 4 N–H and O–H groups in total. The fraction of sp³-hybridized carbons (Fsp3) is 0.0952. The molecule has 0 aliphatic heterocycles. The van der Waals surface area contributed by atoms with E-state index in [0.29, 0.717) is 35.6 Å². The second kappa shape index (κ2) is 8.92. The van der Waals surface area contributed by atoms with Crippen molar-refractivity contribution in [3.05, 3.63) is 71.3 Å². The molecule has 166 valence electrons. The summed E-state index contributed by atoms with van der Waals surface area (Å²) in [7, 11) is 1.44. The first-order chi connectivity index (χ1) is 15.1. The van der Waals surface area contributed by atoms with Crippen LogP contribution in [0.25, 0.3) is 11.1 Å². The van der Waals surface area contributed by atoms with Gasteiger partial charge >= 0.3 is 12.2 Å². The summed E-state index contributed by atoms with van der Waals surface area (Å²) in [6.07, 6.45) is -2.72. The molecule has 0 saturated heterocycles. The van der Waals surface area contributed by atoms with E-state index in [1.54, 1.807) is 0 Å². The molecule has 7 nitrogen and oxygen atoms in total. The van der Waals surface area contributed by atoms with Crippen LogP contribution in [0.5, 0.6) is 0 Å². The van der Waals surface area contributed by atoms with Crippen LogP contribution < -0.4 is 16.0 Å². The summed E-state index contributed by atoms with van der Waals surface area (Å²) in [6, 6.07) is 6.67. The van der Waals surface area contributed by atoms with Crippen molar-refractivity contribution in [2.45, 2.75) is 6.18 Å². The lowest BCUT2D eigenvalue weighted by molar-refractivity contribution is -0.137. The number of hydrogen-bond donors (Lipinski definition) is 4. The number of H-pyrrole nitrogens is 1. The molecular formula is C21H16F4N4O3. The molecule has 2 aromatic carbocycles. The third-order valence-electron chi connectivity index (χ3n) is 4.47. The zero-order chi connectivity index (χ0) is 23.5. The lowest BCUT2D eigenvalue weighted by Gasteiger charge is -2.12. The number of halogens is 4. The number of alkyl halides is 3. The first kappa shape index (κ1) is 22.5. The van der Waals surface area contributed by atoms with E-state index < -0.39 is 35.2 Å². The number of benzene rings is 2. The third-order valence-corrected chi connectivity index (χ3v) is 4.47. The maximum absolute atomic E-state index is 13.8. The number of carbonyl (C=O) groups is 3. The van der Waals surface area contributed by atoms with E-state index in [1.165, 1.54) is 37.5 Å². The number of aromatic amines is 1. The molecule has 0 fully saturated rings. The highest BCUT2D eigenvalue weighted by molar-refractivity contribution is 6.04. The first-order valence-electron chi connectivity index (χ1n) is 9.08. The molecule has 0 radical (unpaired) electrons. The van der Waals surface area contributed by atoms with Gasteiger partial charge in [-0.2, -0.15) is 13.2 Å². The quantitative estimate of drug-likeness (QED) is 0.337. The van der Waals surface area contributed by atoms with Crippen LogP contribution in [0, 0.1) is 5.82 Å². The Morgan fingerprint density at radius 1 is 1.03 bits per heavy atom. The molecular weight excluding hydrogens is 432 g/mol. The van der Waals surface area contributed by atoms with Gasteiger partial charge in [-0.25, -0.2) is 9.18 Å². The van der Waals surface area contributed by atoms with Gasteiger partial charge in [0.25, 0.3) is 5.91 Å². The van der Waals surface area contributed by atoms with Crippen LogP contribution in [0.4, 0.5) is 33.7 Å². The van der Waals surface area contributed by atoms with Crippen molar-refractivity contribution in [3.8, 4) is 11.1 Å². The second-order valence-electron chi connectivity index (χ2n) is 6.54. The molecule has 11 heteroatoms. The van der Waals surface area contributed by atoms with Gasteiger partial charge in [0, 0.05) is 30.1 Å². The van der Waals surface area contributed by atoms with Gasteiger partial charge in [-0.15, -0.1) is 0 Å². The van der Waals surface area contributed by atoms with E-state index in [9.17, 15) is 31.9 Å². The molecule has 1 aromatic heterocycles. The zero-order valence-electron chi connectivity index (χ0n) is 16.4. The minimum Gasteiger partial charge on any atom is -0.356 e. The van der Waals surface area contributed by atoms with Crippen molar-refractivity contribution in [2.75, 3.05) is 17.7 Å². The Bertz CT molecular complexity index is 1170. The molecule has 1 heterocycles. The molecule has 0 bridgehead atoms. The van der Waals surface area contributed by atoms with Crippen molar-refractivity contribution in [1.29, 1.82) is 0 Å². The van der Waals surface area contributed by atoms with E-state index in [4.69, 9.17) is 0 Å². The molecule has 0 saturated carbocycles. The lowest BCUT2D eigenvalue weighted by atomic mass is 10.0. The SMILES string of the molecule is CNC(=O)c1[nH]cc(C=O)c1-c1ccc(NC(=O)Nc2cc(C(F)(F)F)ccc2F)cc1. The fourth-order valence-corrected chi connectivity index (χ4v) is 2.95. The predicted octanol–water partition coefficient (Wildman–Crippen LogP) is 4.66. The maximum Gasteiger partial charge on any atom is 0.416 e. The number of anilines is 2. The first-order valence-corrected chi connectivity index (χ1v) is 9.08. The summed E-state index contributed by atoms with van der Waals surface area (Å²) < 4.78 is 52.2. The van der Waals surface area contributed by atoms with Crippen LogP contribution in [0.2, 0.25) is 0 Å². The topological polar surface area (TPSA) is 103 Å². The number of hydrogen-bond acceptors (Lipinski definition) is 3. The van der Waals surface area contributed by atoms with Crippen LogP contribution in [-0.2, 0) is 6.18 Å². The second-order valence-corrected chi connectivity index (χ2v) is 6.54. The molecule has 3 aromatic rings. The van der Waals surface area contributed by atoms with Crippen LogP contribution in [0.1, 0.15) is 26.4 Å². The van der Waals surface area contributed by atoms with Gasteiger partial charge in [0.15, 0.2) is 6.29 Å². The van der Waals surface area contributed by atoms with Gasteiger partial charge < -0.3 is 20.9 Å². The Hall–Kier alpha value is -4.15. The molecule has 0 unspecified atom stereocenters. The van der Waals surface area contributed by atoms with Gasteiger partial charge in [0.05, 0.1) is 11.3 Å². The Labute approximate surface area is 178 Å². The summed E-state index contributed by atoms with van der Waals surface area (Å²) in [6.45, 7) is 0. The molecule has 3 rings (SSSR count). The van der Waals surface area contributed by atoms with Crippen LogP contribution in [0.15, 0.2) is 48.7 Å². The highest BCUT2D eigenvalue weighted by Gasteiger charge is 2.31.